The highest BCUT2D eigenvalue weighted by molar-refractivity contribution is 6.30. The Bertz CT molecular complexity index is 1600. The molecule has 0 radical (unpaired) electrons. The number of amides is 4. The molecule has 1 aromatic heterocycles. The fourth-order valence-corrected chi connectivity index (χ4v) is 5.89. The van der Waals surface area contributed by atoms with E-state index in [2.05, 4.69) is 10.3 Å². The molecule has 1 fully saturated rings. The van der Waals surface area contributed by atoms with Crippen molar-refractivity contribution in [2.45, 2.75) is 24.9 Å². The second-order valence-corrected chi connectivity index (χ2v) is 10.2. The number of ether oxygens (including phenoxy) is 1. The van der Waals surface area contributed by atoms with Crippen molar-refractivity contribution in [2.24, 2.45) is 0 Å². The van der Waals surface area contributed by atoms with Crippen LogP contribution in [-0.4, -0.2) is 54.0 Å². The van der Waals surface area contributed by atoms with Gasteiger partial charge in [-0.15, -0.1) is 0 Å². The van der Waals surface area contributed by atoms with Crippen molar-refractivity contribution in [1.29, 1.82) is 0 Å². The minimum Gasteiger partial charge on any atom is -0.385 e. The Morgan fingerprint density at radius 3 is 2.69 bits per heavy atom. The lowest BCUT2D eigenvalue weighted by atomic mass is 9.89. The molecule has 1 saturated heterocycles. The number of anilines is 1. The monoisotopic (exact) mass is 542 g/mol. The zero-order valence-electron chi connectivity index (χ0n) is 21.3. The molecule has 0 aliphatic carbocycles. The Kier molecular flexibility index (Phi) is 6.58. The molecule has 3 heterocycles. The second kappa shape index (κ2) is 10.2. The van der Waals surface area contributed by atoms with Crippen LogP contribution in [0.4, 0.5) is 10.5 Å². The van der Waals surface area contributed by atoms with Gasteiger partial charge in [-0.25, -0.2) is 9.69 Å². The highest BCUT2D eigenvalue weighted by atomic mass is 35.5. The van der Waals surface area contributed by atoms with Crippen LogP contribution in [0.3, 0.4) is 0 Å². The van der Waals surface area contributed by atoms with Crippen LogP contribution in [-0.2, 0) is 16.0 Å². The van der Waals surface area contributed by atoms with Gasteiger partial charge < -0.3 is 15.0 Å². The van der Waals surface area contributed by atoms with Crippen LogP contribution in [0.25, 0.3) is 10.9 Å². The molecule has 0 bridgehead atoms. The third-order valence-corrected chi connectivity index (χ3v) is 7.65. The molecule has 4 amide bonds. The Morgan fingerprint density at radius 2 is 1.87 bits per heavy atom. The molecule has 0 unspecified atom stereocenters. The van der Waals surface area contributed by atoms with E-state index in [9.17, 15) is 14.4 Å². The van der Waals surface area contributed by atoms with Crippen LogP contribution in [0.2, 0.25) is 5.02 Å². The first kappa shape index (κ1) is 25.2. The number of nitrogens with zero attached hydrogens (tertiary/aromatic N) is 2. The minimum absolute atomic E-state index is 0.264. The van der Waals surface area contributed by atoms with Gasteiger partial charge in [0.15, 0.2) is 0 Å². The number of hydrogen-bond donors (Lipinski definition) is 2. The van der Waals surface area contributed by atoms with Crippen molar-refractivity contribution in [3.63, 3.8) is 0 Å². The standard InChI is InChI=1S/C30H27ClN4O4/c1-39-15-7-14-32-28(36)21-11-3-5-13-24(21)35-29(37)25-17-22-20-10-2-4-12-23(20)33-26(22)27(34(25)30(35)38)18-8-6-9-19(31)16-18/h2-6,8-13,16,25,27,33H,7,14-15,17H2,1H3,(H,32,36)/t25-,27-/m0/s1. The van der Waals surface area contributed by atoms with E-state index in [1.54, 1.807) is 42.3 Å². The third-order valence-electron chi connectivity index (χ3n) is 7.41. The number of halogens is 1. The van der Waals surface area contributed by atoms with Crippen molar-refractivity contribution in [3.05, 3.63) is 100 Å². The molecule has 2 aliphatic rings. The van der Waals surface area contributed by atoms with E-state index in [1.807, 2.05) is 42.5 Å². The van der Waals surface area contributed by atoms with Gasteiger partial charge in [-0.05, 0) is 47.9 Å². The van der Waals surface area contributed by atoms with Crippen LogP contribution < -0.4 is 10.2 Å². The van der Waals surface area contributed by atoms with E-state index in [-0.39, 0.29) is 23.1 Å². The molecule has 3 aromatic carbocycles. The van der Waals surface area contributed by atoms with Gasteiger partial charge in [-0.1, -0.05) is 54.1 Å². The number of benzene rings is 3. The van der Waals surface area contributed by atoms with Gasteiger partial charge in [-0.3, -0.25) is 14.5 Å². The number of methoxy groups -OCH3 is 1. The number of H-pyrrole nitrogens is 1. The molecule has 6 rings (SSSR count). The van der Waals surface area contributed by atoms with E-state index in [0.29, 0.717) is 31.0 Å². The summed E-state index contributed by atoms with van der Waals surface area (Å²) in [6.07, 6.45) is 1.01. The molecule has 0 saturated carbocycles. The summed E-state index contributed by atoms with van der Waals surface area (Å²) in [5.41, 5.74) is 4.14. The molecule has 0 spiro atoms. The molecule has 2 N–H and O–H groups in total. The van der Waals surface area contributed by atoms with Gasteiger partial charge in [0, 0.05) is 48.3 Å². The summed E-state index contributed by atoms with van der Waals surface area (Å²) in [4.78, 5) is 47.5. The number of hydrogen-bond acceptors (Lipinski definition) is 4. The number of carbonyl (C=O) groups excluding carboxylic acids is 3. The Labute approximate surface area is 230 Å². The quantitative estimate of drug-likeness (QED) is 0.252. The number of carbonyl (C=O) groups is 3. The molecular weight excluding hydrogens is 516 g/mol. The van der Waals surface area contributed by atoms with Gasteiger partial charge in [0.25, 0.3) is 11.8 Å². The van der Waals surface area contributed by atoms with Crippen molar-refractivity contribution in [1.82, 2.24) is 15.2 Å². The number of urea groups is 1. The average Bonchev–Trinajstić information content (AvgIpc) is 3.44. The fraction of sp³-hybridized carbons (Fsp3) is 0.233. The summed E-state index contributed by atoms with van der Waals surface area (Å²) >= 11 is 6.38. The van der Waals surface area contributed by atoms with E-state index in [4.69, 9.17) is 16.3 Å². The molecule has 9 heteroatoms. The summed E-state index contributed by atoms with van der Waals surface area (Å²) in [7, 11) is 1.60. The van der Waals surface area contributed by atoms with Gasteiger partial charge in [0.1, 0.15) is 12.1 Å². The van der Waals surface area contributed by atoms with Gasteiger partial charge in [0.2, 0.25) is 0 Å². The molecule has 4 aromatic rings. The summed E-state index contributed by atoms with van der Waals surface area (Å²) in [5, 5.41) is 4.42. The number of para-hydroxylation sites is 2. The number of fused-ring (bicyclic) bond motifs is 4. The highest BCUT2D eigenvalue weighted by Crippen LogP contribution is 2.45. The summed E-state index contributed by atoms with van der Waals surface area (Å²) in [6, 6.07) is 20.2. The lowest BCUT2D eigenvalue weighted by molar-refractivity contribution is -0.120. The maximum atomic E-state index is 14.2. The van der Waals surface area contributed by atoms with Crippen LogP contribution in [0, 0.1) is 0 Å². The largest absolute Gasteiger partial charge is 0.385 e. The highest BCUT2D eigenvalue weighted by Gasteiger charge is 2.53. The molecule has 39 heavy (non-hydrogen) atoms. The molecule has 2 atom stereocenters. The van der Waals surface area contributed by atoms with E-state index in [1.165, 1.54) is 0 Å². The van der Waals surface area contributed by atoms with Crippen molar-refractivity contribution in [3.8, 4) is 0 Å². The Balaban J connectivity index is 1.43. The Hall–Kier alpha value is -4.14. The molecule has 2 aliphatic heterocycles. The zero-order chi connectivity index (χ0) is 27.1. The summed E-state index contributed by atoms with van der Waals surface area (Å²) < 4.78 is 5.05. The topological polar surface area (TPSA) is 94.7 Å². The van der Waals surface area contributed by atoms with Crippen LogP contribution >= 0.6 is 11.6 Å². The zero-order valence-corrected chi connectivity index (χ0v) is 22.1. The lowest BCUT2D eigenvalue weighted by Gasteiger charge is -2.36. The third kappa shape index (κ3) is 4.26. The van der Waals surface area contributed by atoms with Crippen molar-refractivity contribution >= 4 is 46.0 Å². The van der Waals surface area contributed by atoms with Crippen LogP contribution in [0.5, 0.6) is 0 Å². The molecule has 8 nitrogen and oxygen atoms in total. The maximum absolute atomic E-state index is 14.2. The first-order valence-electron chi connectivity index (χ1n) is 12.9. The van der Waals surface area contributed by atoms with Gasteiger partial charge in [0.05, 0.1) is 11.3 Å². The number of imide groups is 1. The number of nitrogens with one attached hydrogen (secondary N) is 2. The van der Waals surface area contributed by atoms with Crippen molar-refractivity contribution < 1.29 is 19.1 Å². The second-order valence-electron chi connectivity index (χ2n) is 9.72. The lowest BCUT2D eigenvalue weighted by Crippen LogP contribution is -2.44. The fourth-order valence-electron chi connectivity index (χ4n) is 5.69. The van der Waals surface area contributed by atoms with Crippen molar-refractivity contribution in [2.75, 3.05) is 25.2 Å². The first-order valence-corrected chi connectivity index (χ1v) is 13.2. The summed E-state index contributed by atoms with van der Waals surface area (Å²) in [6.45, 7) is 0.928. The van der Waals surface area contributed by atoms with Gasteiger partial charge >= 0.3 is 6.03 Å². The molecule has 198 valence electrons. The smallest absolute Gasteiger partial charge is 0.332 e. The maximum Gasteiger partial charge on any atom is 0.332 e. The average molecular weight is 543 g/mol. The van der Waals surface area contributed by atoms with E-state index < -0.39 is 18.1 Å². The SMILES string of the molecule is COCCCNC(=O)c1ccccc1N1C(=O)[C@@H]2Cc3c([nH]c4ccccc34)[C@H](c3cccc(Cl)c3)N2C1=O. The van der Waals surface area contributed by atoms with E-state index >= 15 is 0 Å². The Morgan fingerprint density at radius 1 is 1.08 bits per heavy atom. The number of aromatic nitrogens is 1. The predicted octanol–water partition coefficient (Wildman–Crippen LogP) is 5.07. The minimum atomic E-state index is -0.731. The predicted molar refractivity (Wildman–Crippen MR) is 149 cm³/mol. The normalized spacial score (nSPS) is 18.4. The van der Waals surface area contributed by atoms with Crippen LogP contribution in [0.15, 0.2) is 72.8 Å². The number of aromatic amines is 1. The van der Waals surface area contributed by atoms with Crippen LogP contribution in [0.1, 0.15) is 39.6 Å². The number of rotatable bonds is 7. The first-order chi connectivity index (χ1) is 19.0. The van der Waals surface area contributed by atoms with E-state index in [0.717, 1.165) is 32.6 Å². The van der Waals surface area contributed by atoms with Gasteiger partial charge in [-0.2, -0.15) is 0 Å². The summed E-state index contributed by atoms with van der Waals surface area (Å²) in [5.74, 6) is -0.711. The molecular formula is C30H27ClN4O4.